The number of carboxylic acids is 1. The van der Waals surface area contributed by atoms with Gasteiger partial charge in [-0.15, -0.1) is 0 Å². The summed E-state index contributed by atoms with van der Waals surface area (Å²) in [4.78, 5) is 49.5. The highest BCUT2D eigenvalue weighted by molar-refractivity contribution is 5.92. The zero-order chi connectivity index (χ0) is 19.6. The van der Waals surface area contributed by atoms with E-state index in [1.807, 2.05) is 0 Å². The number of aromatic nitrogens is 2. The lowest BCUT2D eigenvalue weighted by Crippen LogP contribution is -2.28. The van der Waals surface area contributed by atoms with Crippen LogP contribution in [0.4, 0.5) is 11.4 Å². The molecule has 0 spiro atoms. The molecule has 0 radical (unpaired) electrons. The van der Waals surface area contributed by atoms with Gasteiger partial charge < -0.3 is 15.2 Å². The van der Waals surface area contributed by atoms with Crippen LogP contribution in [0, 0.1) is 10.1 Å². The van der Waals surface area contributed by atoms with Gasteiger partial charge in [0.1, 0.15) is 6.54 Å². The van der Waals surface area contributed by atoms with Crippen LogP contribution in [0.15, 0.2) is 53.6 Å². The summed E-state index contributed by atoms with van der Waals surface area (Å²) in [5, 5.41) is 24.1. The third kappa shape index (κ3) is 3.79. The molecule has 3 aromatic rings. The van der Waals surface area contributed by atoms with Crippen LogP contribution in [0.1, 0.15) is 10.4 Å². The lowest BCUT2D eigenvalue weighted by Gasteiger charge is -2.09. The molecular formula is C17H11N4O6-. The van der Waals surface area contributed by atoms with Gasteiger partial charge in [-0.2, -0.15) is 0 Å². The number of aromatic carboxylic acids is 1. The van der Waals surface area contributed by atoms with Crippen LogP contribution >= 0.6 is 0 Å². The minimum atomic E-state index is -1.34. The molecule has 0 aliphatic heterocycles. The van der Waals surface area contributed by atoms with E-state index in [0.717, 1.165) is 10.6 Å². The van der Waals surface area contributed by atoms with Gasteiger partial charge in [0, 0.05) is 17.8 Å². The fourth-order valence-electron chi connectivity index (χ4n) is 2.42. The molecule has 1 N–H and O–H groups in total. The van der Waals surface area contributed by atoms with Gasteiger partial charge in [0.15, 0.2) is 0 Å². The SMILES string of the molecule is O=C(Cn1cnc2ccc([N+](=O)[O-])cc2c1=O)Nc1ccc(C(=O)[O-])cc1. The molecule has 2 aromatic carbocycles. The van der Waals surface area contributed by atoms with E-state index in [-0.39, 0.29) is 28.7 Å². The van der Waals surface area contributed by atoms with Gasteiger partial charge in [-0.05, 0) is 23.8 Å². The van der Waals surface area contributed by atoms with Crippen molar-refractivity contribution in [1.82, 2.24) is 9.55 Å². The summed E-state index contributed by atoms with van der Waals surface area (Å²) in [6, 6.07) is 9.02. The Balaban J connectivity index is 1.82. The van der Waals surface area contributed by atoms with Crippen LogP contribution in [-0.2, 0) is 11.3 Å². The molecule has 0 bridgehead atoms. The molecule has 10 heteroatoms. The Kier molecular flexibility index (Phi) is 4.62. The quantitative estimate of drug-likeness (QED) is 0.504. The molecule has 0 aliphatic carbocycles. The third-order valence-electron chi connectivity index (χ3n) is 3.74. The number of carboxylic acid groups (broad SMARTS) is 1. The Morgan fingerprint density at radius 1 is 1.15 bits per heavy atom. The molecule has 0 fully saturated rings. The van der Waals surface area contributed by atoms with Crippen LogP contribution in [-0.4, -0.2) is 26.4 Å². The van der Waals surface area contributed by atoms with Gasteiger partial charge in [0.05, 0.1) is 28.1 Å². The molecule has 1 heterocycles. The highest BCUT2D eigenvalue weighted by atomic mass is 16.6. The van der Waals surface area contributed by atoms with Crippen LogP contribution in [0.2, 0.25) is 0 Å². The maximum Gasteiger partial charge on any atom is 0.270 e. The number of amides is 1. The molecular weight excluding hydrogens is 356 g/mol. The van der Waals surface area contributed by atoms with Crippen molar-refractivity contribution >= 4 is 34.2 Å². The molecule has 27 heavy (non-hydrogen) atoms. The van der Waals surface area contributed by atoms with Gasteiger partial charge in [-0.3, -0.25) is 24.3 Å². The van der Waals surface area contributed by atoms with Gasteiger partial charge in [0.25, 0.3) is 11.2 Å². The Morgan fingerprint density at radius 2 is 1.85 bits per heavy atom. The lowest BCUT2D eigenvalue weighted by atomic mass is 10.2. The molecule has 0 atom stereocenters. The van der Waals surface area contributed by atoms with Gasteiger partial charge >= 0.3 is 0 Å². The highest BCUT2D eigenvalue weighted by Crippen LogP contribution is 2.16. The van der Waals surface area contributed by atoms with Gasteiger partial charge in [-0.25, -0.2) is 4.98 Å². The summed E-state index contributed by atoms with van der Waals surface area (Å²) in [5.41, 5.74) is -0.269. The second-order valence-corrected chi connectivity index (χ2v) is 5.55. The molecule has 0 aliphatic rings. The average molecular weight is 367 g/mol. The summed E-state index contributed by atoms with van der Waals surface area (Å²) in [6.45, 7) is -0.368. The number of nitro groups is 1. The maximum atomic E-state index is 12.5. The fraction of sp³-hybridized carbons (Fsp3) is 0.0588. The molecule has 3 rings (SSSR count). The Morgan fingerprint density at radius 3 is 2.48 bits per heavy atom. The van der Waals surface area contributed by atoms with Crippen molar-refractivity contribution in [3.8, 4) is 0 Å². The van der Waals surface area contributed by atoms with E-state index in [2.05, 4.69) is 10.3 Å². The van der Waals surface area contributed by atoms with Crippen LogP contribution < -0.4 is 16.0 Å². The Hall–Kier alpha value is -4.08. The number of non-ortho nitro benzene ring substituents is 1. The monoisotopic (exact) mass is 367 g/mol. The van der Waals surface area contributed by atoms with Crippen LogP contribution in [0.5, 0.6) is 0 Å². The number of benzene rings is 2. The first-order valence-corrected chi connectivity index (χ1v) is 7.60. The smallest absolute Gasteiger partial charge is 0.270 e. The number of carbonyl (C=O) groups excluding carboxylic acids is 2. The number of nitrogens with zero attached hydrogens (tertiary/aromatic N) is 3. The van der Waals surface area contributed by atoms with Crippen molar-refractivity contribution in [2.45, 2.75) is 6.54 Å². The lowest BCUT2D eigenvalue weighted by molar-refractivity contribution is -0.384. The normalized spacial score (nSPS) is 10.5. The minimum Gasteiger partial charge on any atom is -0.545 e. The molecule has 1 amide bonds. The first-order valence-electron chi connectivity index (χ1n) is 7.60. The van der Waals surface area contributed by atoms with Crippen molar-refractivity contribution in [3.05, 3.63) is 74.8 Å². The van der Waals surface area contributed by atoms with Gasteiger partial charge in [-0.1, -0.05) is 12.1 Å². The first kappa shape index (κ1) is 17.7. The predicted octanol–water partition coefficient (Wildman–Crippen LogP) is 0.307. The summed E-state index contributed by atoms with van der Waals surface area (Å²) in [5.74, 6) is -1.89. The predicted molar refractivity (Wildman–Crippen MR) is 92.1 cm³/mol. The number of rotatable bonds is 5. The van der Waals surface area contributed by atoms with Crippen LogP contribution in [0.25, 0.3) is 10.9 Å². The van der Waals surface area contributed by atoms with Crippen molar-refractivity contribution in [2.24, 2.45) is 0 Å². The van der Waals surface area contributed by atoms with E-state index < -0.39 is 22.4 Å². The van der Waals surface area contributed by atoms with Crippen molar-refractivity contribution in [3.63, 3.8) is 0 Å². The standard InChI is InChI=1S/C17H12N4O6/c22-15(19-11-3-1-10(2-4-11)17(24)25)8-20-9-18-14-6-5-12(21(26)27)7-13(14)16(20)23/h1-7,9H,8H2,(H,19,22)(H,24,25)/p-1. The highest BCUT2D eigenvalue weighted by Gasteiger charge is 2.12. The van der Waals surface area contributed by atoms with Gasteiger partial charge in [0.2, 0.25) is 5.91 Å². The summed E-state index contributed by atoms with van der Waals surface area (Å²) in [7, 11) is 0. The molecule has 0 saturated carbocycles. The van der Waals surface area contributed by atoms with E-state index in [0.29, 0.717) is 5.69 Å². The zero-order valence-electron chi connectivity index (χ0n) is 13.6. The molecule has 0 unspecified atom stereocenters. The number of hydrogen-bond donors (Lipinski definition) is 1. The number of anilines is 1. The van der Waals surface area contributed by atoms with E-state index in [1.54, 1.807) is 0 Å². The van der Waals surface area contributed by atoms with Crippen molar-refractivity contribution in [2.75, 3.05) is 5.32 Å². The zero-order valence-corrected chi connectivity index (χ0v) is 13.6. The molecule has 1 aromatic heterocycles. The van der Waals surface area contributed by atoms with Crippen LogP contribution in [0.3, 0.4) is 0 Å². The van der Waals surface area contributed by atoms with Crippen molar-refractivity contribution in [1.29, 1.82) is 0 Å². The summed E-state index contributed by atoms with van der Waals surface area (Å²) in [6.07, 6.45) is 1.18. The number of fused-ring (bicyclic) bond motifs is 1. The number of carbonyl (C=O) groups is 2. The maximum absolute atomic E-state index is 12.5. The molecule has 0 saturated heterocycles. The van der Waals surface area contributed by atoms with E-state index in [4.69, 9.17) is 0 Å². The summed E-state index contributed by atoms with van der Waals surface area (Å²) >= 11 is 0. The Labute approximate surface area is 150 Å². The average Bonchev–Trinajstić information content (AvgIpc) is 2.64. The van der Waals surface area contributed by atoms with E-state index in [1.165, 1.54) is 42.7 Å². The van der Waals surface area contributed by atoms with Crippen molar-refractivity contribution < 1.29 is 19.6 Å². The second-order valence-electron chi connectivity index (χ2n) is 5.55. The number of nitrogens with one attached hydrogen (secondary N) is 1. The topological polar surface area (TPSA) is 147 Å². The van der Waals surface area contributed by atoms with E-state index in [9.17, 15) is 29.6 Å². The fourth-order valence-corrected chi connectivity index (χ4v) is 2.42. The largest absolute Gasteiger partial charge is 0.545 e. The number of nitro benzene ring substituents is 1. The first-order chi connectivity index (χ1) is 12.8. The third-order valence-corrected chi connectivity index (χ3v) is 3.74. The second kappa shape index (κ2) is 7.04. The number of hydrogen-bond acceptors (Lipinski definition) is 7. The minimum absolute atomic E-state index is 0.0258. The molecule has 10 nitrogen and oxygen atoms in total. The molecule has 136 valence electrons. The Bertz CT molecular complexity index is 1120. The van der Waals surface area contributed by atoms with E-state index >= 15 is 0 Å². The summed E-state index contributed by atoms with van der Waals surface area (Å²) < 4.78 is 1.02.